The topological polar surface area (TPSA) is 50.5 Å². The normalized spacial score (nSPS) is 11.0. The maximum absolute atomic E-state index is 5.50. The predicted molar refractivity (Wildman–Crippen MR) is 78.8 cm³/mol. The van der Waals surface area contributed by atoms with Gasteiger partial charge < -0.3 is 19.4 Å². The second kappa shape index (κ2) is 7.07. The lowest BCUT2D eigenvalue weighted by Crippen LogP contribution is -2.26. The van der Waals surface area contributed by atoms with E-state index in [4.69, 9.17) is 9.15 Å². The van der Waals surface area contributed by atoms with Gasteiger partial charge in [-0.3, -0.25) is 0 Å². The number of aromatic nitrogens is 1. The SMILES string of the molecule is COc1ccc(-c2nc(CNCCN(C)C)co2)cc1. The van der Waals surface area contributed by atoms with E-state index in [1.165, 1.54) is 0 Å². The van der Waals surface area contributed by atoms with Crippen LogP contribution >= 0.6 is 0 Å². The first-order valence-corrected chi connectivity index (χ1v) is 6.63. The molecule has 1 aromatic carbocycles. The maximum atomic E-state index is 5.50. The van der Waals surface area contributed by atoms with Gasteiger partial charge in [-0.2, -0.15) is 0 Å². The molecule has 2 aromatic rings. The molecule has 0 atom stereocenters. The summed E-state index contributed by atoms with van der Waals surface area (Å²) in [5.74, 6) is 1.46. The van der Waals surface area contributed by atoms with Crippen LogP contribution in [-0.4, -0.2) is 44.2 Å². The summed E-state index contributed by atoms with van der Waals surface area (Å²) in [6.07, 6.45) is 1.70. The number of methoxy groups -OCH3 is 1. The Labute approximate surface area is 119 Å². The van der Waals surface area contributed by atoms with E-state index in [-0.39, 0.29) is 0 Å². The van der Waals surface area contributed by atoms with Crippen molar-refractivity contribution < 1.29 is 9.15 Å². The van der Waals surface area contributed by atoms with Gasteiger partial charge >= 0.3 is 0 Å². The van der Waals surface area contributed by atoms with Gasteiger partial charge in [0.2, 0.25) is 5.89 Å². The zero-order chi connectivity index (χ0) is 14.4. The van der Waals surface area contributed by atoms with E-state index in [0.29, 0.717) is 12.4 Å². The lowest BCUT2D eigenvalue weighted by molar-refractivity contribution is 0.399. The molecule has 0 unspecified atom stereocenters. The van der Waals surface area contributed by atoms with Gasteiger partial charge in [-0.05, 0) is 38.4 Å². The molecule has 0 bridgehead atoms. The van der Waals surface area contributed by atoms with Gasteiger partial charge in [0.25, 0.3) is 0 Å². The lowest BCUT2D eigenvalue weighted by Gasteiger charge is -2.08. The summed E-state index contributed by atoms with van der Waals surface area (Å²) < 4.78 is 10.6. The fourth-order valence-corrected chi connectivity index (χ4v) is 1.77. The predicted octanol–water partition coefficient (Wildman–Crippen LogP) is 2.00. The van der Waals surface area contributed by atoms with E-state index < -0.39 is 0 Å². The van der Waals surface area contributed by atoms with Gasteiger partial charge in [-0.1, -0.05) is 0 Å². The Bertz CT molecular complexity index is 520. The van der Waals surface area contributed by atoms with Crippen LogP contribution < -0.4 is 10.1 Å². The summed E-state index contributed by atoms with van der Waals surface area (Å²) in [6, 6.07) is 7.67. The molecule has 108 valence electrons. The van der Waals surface area contributed by atoms with Crippen molar-refractivity contribution in [1.82, 2.24) is 15.2 Å². The van der Waals surface area contributed by atoms with Crippen molar-refractivity contribution in [1.29, 1.82) is 0 Å². The number of nitrogens with one attached hydrogen (secondary N) is 1. The van der Waals surface area contributed by atoms with Crippen molar-refractivity contribution in [2.45, 2.75) is 6.54 Å². The minimum absolute atomic E-state index is 0.636. The molecule has 1 heterocycles. The Kier molecular flexibility index (Phi) is 5.15. The minimum atomic E-state index is 0.636. The Hall–Kier alpha value is -1.85. The van der Waals surface area contributed by atoms with E-state index in [1.54, 1.807) is 13.4 Å². The van der Waals surface area contributed by atoms with Crippen molar-refractivity contribution in [3.05, 3.63) is 36.2 Å². The molecule has 5 nitrogen and oxygen atoms in total. The molecule has 0 aliphatic heterocycles. The third-order valence-electron chi connectivity index (χ3n) is 2.93. The molecule has 0 fully saturated rings. The van der Waals surface area contributed by atoms with Crippen molar-refractivity contribution in [3.63, 3.8) is 0 Å². The van der Waals surface area contributed by atoms with Crippen molar-refractivity contribution in [2.24, 2.45) is 0 Å². The van der Waals surface area contributed by atoms with E-state index in [1.807, 2.05) is 24.3 Å². The molecule has 1 aromatic heterocycles. The average molecular weight is 275 g/mol. The van der Waals surface area contributed by atoms with E-state index >= 15 is 0 Å². The summed E-state index contributed by atoms with van der Waals surface area (Å²) in [4.78, 5) is 6.61. The summed E-state index contributed by atoms with van der Waals surface area (Å²) >= 11 is 0. The van der Waals surface area contributed by atoms with E-state index in [0.717, 1.165) is 30.1 Å². The molecule has 0 saturated heterocycles. The van der Waals surface area contributed by atoms with Crippen molar-refractivity contribution in [3.8, 4) is 17.2 Å². The zero-order valence-corrected chi connectivity index (χ0v) is 12.2. The van der Waals surface area contributed by atoms with Crippen LogP contribution in [0.4, 0.5) is 0 Å². The monoisotopic (exact) mass is 275 g/mol. The number of nitrogens with zero attached hydrogens (tertiary/aromatic N) is 2. The molecular weight excluding hydrogens is 254 g/mol. The molecule has 0 aliphatic rings. The van der Waals surface area contributed by atoms with Gasteiger partial charge in [-0.25, -0.2) is 4.98 Å². The van der Waals surface area contributed by atoms with Gasteiger partial charge in [0.1, 0.15) is 12.0 Å². The molecule has 5 heteroatoms. The van der Waals surface area contributed by atoms with Gasteiger partial charge in [0.05, 0.1) is 12.8 Å². The van der Waals surface area contributed by atoms with E-state index in [2.05, 4.69) is 29.3 Å². The number of oxazole rings is 1. The molecule has 0 amide bonds. The molecule has 0 saturated carbocycles. The average Bonchev–Trinajstić information content (AvgIpc) is 2.92. The molecular formula is C15H21N3O2. The number of hydrogen-bond acceptors (Lipinski definition) is 5. The zero-order valence-electron chi connectivity index (χ0n) is 12.2. The van der Waals surface area contributed by atoms with Crippen LogP contribution in [0.5, 0.6) is 5.75 Å². The molecule has 0 spiro atoms. The van der Waals surface area contributed by atoms with Crippen LogP contribution in [0.25, 0.3) is 11.5 Å². The summed E-state index contributed by atoms with van der Waals surface area (Å²) in [5, 5.41) is 3.33. The molecule has 2 rings (SSSR count). The Morgan fingerprint density at radius 1 is 1.25 bits per heavy atom. The van der Waals surface area contributed by atoms with Crippen molar-refractivity contribution in [2.75, 3.05) is 34.3 Å². The summed E-state index contributed by atoms with van der Waals surface area (Å²) in [7, 11) is 5.76. The minimum Gasteiger partial charge on any atom is -0.497 e. The van der Waals surface area contributed by atoms with Crippen LogP contribution in [0.1, 0.15) is 5.69 Å². The molecule has 0 radical (unpaired) electrons. The lowest BCUT2D eigenvalue weighted by atomic mass is 10.2. The fourth-order valence-electron chi connectivity index (χ4n) is 1.77. The van der Waals surface area contributed by atoms with Crippen LogP contribution in [0.2, 0.25) is 0 Å². The van der Waals surface area contributed by atoms with Crippen LogP contribution in [0, 0.1) is 0 Å². The van der Waals surface area contributed by atoms with Gasteiger partial charge in [-0.15, -0.1) is 0 Å². The Morgan fingerprint density at radius 2 is 2.00 bits per heavy atom. The first-order valence-electron chi connectivity index (χ1n) is 6.63. The first kappa shape index (κ1) is 14.6. The third-order valence-corrected chi connectivity index (χ3v) is 2.93. The highest BCUT2D eigenvalue weighted by Gasteiger charge is 2.06. The highest BCUT2D eigenvalue weighted by molar-refractivity contribution is 5.54. The number of hydrogen-bond donors (Lipinski definition) is 1. The second-order valence-electron chi connectivity index (χ2n) is 4.85. The van der Waals surface area contributed by atoms with Crippen LogP contribution in [0.15, 0.2) is 34.9 Å². The Morgan fingerprint density at radius 3 is 2.65 bits per heavy atom. The largest absolute Gasteiger partial charge is 0.497 e. The fraction of sp³-hybridized carbons (Fsp3) is 0.400. The van der Waals surface area contributed by atoms with E-state index in [9.17, 15) is 0 Å². The third kappa shape index (κ3) is 4.08. The summed E-state index contributed by atoms with van der Waals surface area (Å²) in [6.45, 7) is 2.65. The number of likely N-dealkylation sites (N-methyl/N-ethyl adjacent to an activating group) is 1. The number of ether oxygens (including phenoxy) is 1. The second-order valence-corrected chi connectivity index (χ2v) is 4.85. The number of rotatable bonds is 7. The van der Waals surface area contributed by atoms with Gasteiger partial charge in [0.15, 0.2) is 0 Å². The molecule has 20 heavy (non-hydrogen) atoms. The summed E-state index contributed by atoms with van der Waals surface area (Å²) in [5.41, 5.74) is 1.86. The van der Waals surface area contributed by atoms with Gasteiger partial charge in [0, 0.05) is 25.2 Å². The van der Waals surface area contributed by atoms with Crippen molar-refractivity contribution >= 4 is 0 Å². The highest BCUT2D eigenvalue weighted by atomic mass is 16.5. The first-order chi connectivity index (χ1) is 9.69. The Balaban J connectivity index is 1.90. The smallest absolute Gasteiger partial charge is 0.226 e. The molecule has 0 aliphatic carbocycles. The highest BCUT2D eigenvalue weighted by Crippen LogP contribution is 2.21. The standard InChI is InChI=1S/C15H21N3O2/c1-18(2)9-8-16-10-13-11-20-15(17-13)12-4-6-14(19-3)7-5-12/h4-7,11,16H,8-10H2,1-3H3. The maximum Gasteiger partial charge on any atom is 0.226 e. The quantitative estimate of drug-likeness (QED) is 0.783. The molecule has 1 N–H and O–H groups in total. The number of benzene rings is 1. The van der Waals surface area contributed by atoms with Crippen LogP contribution in [-0.2, 0) is 6.54 Å². The van der Waals surface area contributed by atoms with Crippen LogP contribution in [0.3, 0.4) is 0 Å².